The van der Waals surface area contributed by atoms with Crippen LogP contribution in [0.1, 0.15) is 18.4 Å². The molecule has 31 heavy (non-hydrogen) atoms. The van der Waals surface area contributed by atoms with Crippen LogP contribution in [0.5, 0.6) is 0 Å². The number of aryl methyl sites for hydroxylation is 1. The molecule has 0 aliphatic carbocycles. The van der Waals surface area contributed by atoms with Gasteiger partial charge in [0.25, 0.3) is 5.56 Å². The SMILES string of the molecule is CCc1ccc(-n2ncc3c(=O)n(Cc4nc(-c5ccc(Cl)cc5)no4)cnc32)cc1. The Balaban J connectivity index is 1.44. The van der Waals surface area contributed by atoms with Crippen LogP contribution in [-0.4, -0.2) is 29.5 Å². The van der Waals surface area contributed by atoms with Gasteiger partial charge >= 0.3 is 0 Å². The third kappa shape index (κ3) is 3.62. The molecule has 0 aliphatic rings. The molecule has 0 spiro atoms. The number of aromatic nitrogens is 6. The third-order valence-corrected chi connectivity index (χ3v) is 5.27. The summed E-state index contributed by atoms with van der Waals surface area (Å²) in [5.74, 6) is 0.729. The van der Waals surface area contributed by atoms with Gasteiger partial charge in [0.15, 0.2) is 5.65 Å². The molecule has 0 bridgehead atoms. The van der Waals surface area contributed by atoms with Crippen molar-refractivity contribution in [2.75, 3.05) is 0 Å². The highest BCUT2D eigenvalue weighted by atomic mass is 35.5. The summed E-state index contributed by atoms with van der Waals surface area (Å²) < 4.78 is 8.40. The molecule has 5 rings (SSSR count). The highest BCUT2D eigenvalue weighted by molar-refractivity contribution is 6.30. The second kappa shape index (κ2) is 7.81. The van der Waals surface area contributed by atoms with Crippen molar-refractivity contribution in [3.63, 3.8) is 0 Å². The summed E-state index contributed by atoms with van der Waals surface area (Å²) >= 11 is 5.92. The van der Waals surface area contributed by atoms with E-state index < -0.39 is 0 Å². The normalized spacial score (nSPS) is 11.3. The summed E-state index contributed by atoms with van der Waals surface area (Å²) in [6, 6.07) is 15.1. The number of hydrogen-bond donors (Lipinski definition) is 0. The highest BCUT2D eigenvalue weighted by Gasteiger charge is 2.14. The first kappa shape index (κ1) is 19.2. The minimum Gasteiger partial charge on any atom is -0.337 e. The summed E-state index contributed by atoms with van der Waals surface area (Å²) in [6.45, 7) is 2.21. The lowest BCUT2D eigenvalue weighted by atomic mass is 10.1. The number of rotatable bonds is 5. The largest absolute Gasteiger partial charge is 0.337 e. The maximum atomic E-state index is 13.0. The number of halogens is 1. The van der Waals surface area contributed by atoms with Gasteiger partial charge in [0.1, 0.15) is 18.3 Å². The predicted octanol–water partition coefficient (Wildman–Crippen LogP) is 3.90. The summed E-state index contributed by atoms with van der Waals surface area (Å²) in [7, 11) is 0. The first-order valence-corrected chi connectivity index (χ1v) is 10.1. The standard InChI is InChI=1S/C22H17ClN6O2/c1-2-14-3-9-17(10-4-14)29-21-18(11-25-29)22(30)28(13-24-21)12-19-26-20(27-31-19)15-5-7-16(23)8-6-15/h3-11,13H,2,12H2,1H3. The second-order valence-electron chi connectivity index (χ2n) is 7.01. The number of fused-ring (bicyclic) bond motifs is 1. The second-order valence-corrected chi connectivity index (χ2v) is 7.45. The van der Waals surface area contributed by atoms with Crippen molar-refractivity contribution < 1.29 is 4.52 Å². The van der Waals surface area contributed by atoms with E-state index in [9.17, 15) is 4.79 Å². The van der Waals surface area contributed by atoms with Crippen molar-refractivity contribution >= 4 is 22.6 Å². The Bertz CT molecular complexity index is 1420. The zero-order valence-electron chi connectivity index (χ0n) is 16.6. The molecule has 0 saturated heterocycles. The number of benzene rings is 2. The lowest BCUT2D eigenvalue weighted by Gasteiger charge is -2.05. The molecule has 154 valence electrons. The Kier molecular flexibility index (Phi) is 4.83. The van der Waals surface area contributed by atoms with E-state index in [1.54, 1.807) is 28.9 Å². The molecule has 2 aromatic carbocycles. The summed E-state index contributed by atoms with van der Waals surface area (Å²) in [6.07, 6.45) is 3.95. The fraction of sp³-hybridized carbons (Fsp3) is 0.136. The summed E-state index contributed by atoms with van der Waals surface area (Å²) in [4.78, 5) is 21.8. The highest BCUT2D eigenvalue weighted by Crippen LogP contribution is 2.19. The molecule has 0 atom stereocenters. The fourth-order valence-electron chi connectivity index (χ4n) is 3.30. The topological polar surface area (TPSA) is 91.6 Å². The molecule has 0 radical (unpaired) electrons. The molecule has 0 unspecified atom stereocenters. The van der Waals surface area contributed by atoms with Gasteiger partial charge in [-0.05, 0) is 48.4 Å². The van der Waals surface area contributed by atoms with Crippen molar-refractivity contribution in [2.24, 2.45) is 0 Å². The first-order chi connectivity index (χ1) is 15.1. The van der Waals surface area contributed by atoms with Gasteiger partial charge in [0, 0.05) is 10.6 Å². The lowest BCUT2D eigenvalue weighted by molar-refractivity contribution is 0.369. The molecule has 9 heteroatoms. The Morgan fingerprint density at radius 1 is 1.06 bits per heavy atom. The van der Waals surface area contributed by atoms with Crippen molar-refractivity contribution in [1.29, 1.82) is 0 Å². The van der Waals surface area contributed by atoms with Gasteiger partial charge in [-0.3, -0.25) is 9.36 Å². The Morgan fingerprint density at radius 3 is 2.58 bits per heavy atom. The van der Waals surface area contributed by atoms with Gasteiger partial charge in [0.05, 0.1) is 11.9 Å². The van der Waals surface area contributed by atoms with E-state index in [0.717, 1.165) is 17.7 Å². The van der Waals surface area contributed by atoms with Crippen molar-refractivity contribution in [3.05, 3.63) is 87.9 Å². The maximum absolute atomic E-state index is 13.0. The molecular formula is C22H17ClN6O2. The first-order valence-electron chi connectivity index (χ1n) is 9.73. The van der Waals surface area contributed by atoms with Gasteiger partial charge < -0.3 is 4.52 Å². The fourth-order valence-corrected chi connectivity index (χ4v) is 3.43. The smallest absolute Gasteiger partial charge is 0.264 e. The Morgan fingerprint density at radius 2 is 1.84 bits per heavy atom. The molecule has 5 aromatic rings. The van der Waals surface area contributed by atoms with Crippen LogP contribution in [0.3, 0.4) is 0 Å². The average molecular weight is 433 g/mol. The van der Waals surface area contributed by atoms with Crippen molar-refractivity contribution in [1.82, 2.24) is 29.5 Å². The van der Waals surface area contributed by atoms with Crippen LogP contribution in [0.4, 0.5) is 0 Å². The van der Waals surface area contributed by atoms with Crippen LogP contribution in [0.15, 0.2) is 70.4 Å². The average Bonchev–Trinajstić information content (AvgIpc) is 3.44. The number of nitrogens with zero attached hydrogens (tertiary/aromatic N) is 6. The van der Waals surface area contributed by atoms with Crippen LogP contribution in [-0.2, 0) is 13.0 Å². The van der Waals surface area contributed by atoms with E-state index in [-0.39, 0.29) is 12.1 Å². The lowest BCUT2D eigenvalue weighted by Crippen LogP contribution is -2.21. The molecular weight excluding hydrogens is 416 g/mol. The molecule has 0 fully saturated rings. The zero-order valence-corrected chi connectivity index (χ0v) is 17.3. The van der Waals surface area contributed by atoms with Gasteiger partial charge in [-0.1, -0.05) is 35.8 Å². The minimum absolute atomic E-state index is 0.110. The molecule has 0 saturated carbocycles. The van der Waals surface area contributed by atoms with Crippen molar-refractivity contribution in [3.8, 4) is 17.1 Å². The van der Waals surface area contributed by atoms with Gasteiger partial charge in [-0.25, -0.2) is 9.67 Å². The Hall–Kier alpha value is -3.78. The minimum atomic E-state index is -0.229. The molecule has 0 amide bonds. The monoisotopic (exact) mass is 432 g/mol. The maximum Gasteiger partial charge on any atom is 0.264 e. The van der Waals surface area contributed by atoms with Crippen LogP contribution in [0, 0.1) is 0 Å². The third-order valence-electron chi connectivity index (χ3n) is 5.02. The van der Waals surface area contributed by atoms with E-state index in [4.69, 9.17) is 16.1 Å². The van der Waals surface area contributed by atoms with Crippen molar-refractivity contribution in [2.45, 2.75) is 19.9 Å². The predicted molar refractivity (Wildman–Crippen MR) is 116 cm³/mol. The van der Waals surface area contributed by atoms with Gasteiger partial charge in [-0.2, -0.15) is 10.1 Å². The Labute approximate surface area is 181 Å². The molecule has 3 heterocycles. The van der Waals surface area contributed by atoms with E-state index in [0.29, 0.717) is 27.8 Å². The van der Waals surface area contributed by atoms with Gasteiger partial charge in [0.2, 0.25) is 11.7 Å². The molecule has 3 aromatic heterocycles. The molecule has 0 aliphatic heterocycles. The van der Waals surface area contributed by atoms with E-state index in [1.165, 1.54) is 22.7 Å². The number of hydrogen-bond acceptors (Lipinski definition) is 6. The molecule has 8 nitrogen and oxygen atoms in total. The van der Waals surface area contributed by atoms with Crippen LogP contribution in [0.2, 0.25) is 5.02 Å². The quantitative estimate of drug-likeness (QED) is 0.418. The van der Waals surface area contributed by atoms with E-state index >= 15 is 0 Å². The van der Waals surface area contributed by atoms with E-state index in [1.807, 2.05) is 24.3 Å². The van der Waals surface area contributed by atoms with Crippen LogP contribution < -0.4 is 5.56 Å². The van der Waals surface area contributed by atoms with Crippen LogP contribution in [0.25, 0.3) is 28.1 Å². The summed E-state index contributed by atoms with van der Waals surface area (Å²) in [5.41, 5.74) is 3.12. The summed E-state index contributed by atoms with van der Waals surface area (Å²) in [5, 5.41) is 9.38. The van der Waals surface area contributed by atoms with Crippen LogP contribution >= 0.6 is 11.6 Å². The zero-order chi connectivity index (χ0) is 21.4. The van der Waals surface area contributed by atoms with E-state index in [2.05, 4.69) is 27.1 Å². The molecule has 0 N–H and O–H groups in total. The van der Waals surface area contributed by atoms with Gasteiger partial charge in [-0.15, -0.1) is 0 Å².